The Kier molecular flexibility index (Phi) is 3.57. The maximum atomic E-state index is 11.2. The lowest BCUT2D eigenvalue weighted by Gasteiger charge is -2.27. The van der Waals surface area contributed by atoms with E-state index in [-0.39, 0.29) is 11.7 Å². The minimum absolute atomic E-state index is 0.115. The summed E-state index contributed by atoms with van der Waals surface area (Å²) in [6, 6.07) is 6.97. The molecule has 1 N–H and O–H groups in total. The van der Waals surface area contributed by atoms with E-state index < -0.39 is 0 Å². The van der Waals surface area contributed by atoms with Crippen molar-refractivity contribution >= 4 is 6.29 Å². The van der Waals surface area contributed by atoms with E-state index in [0.29, 0.717) is 5.92 Å². The van der Waals surface area contributed by atoms with Crippen LogP contribution in [-0.2, 0) is 9.53 Å². The molecule has 0 bridgehead atoms. The van der Waals surface area contributed by atoms with Gasteiger partial charge in [-0.3, -0.25) is 0 Å². The molecule has 1 unspecified atom stereocenters. The minimum Gasteiger partial charge on any atom is -0.508 e. The van der Waals surface area contributed by atoms with Crippen LogP contribution in [0, 0.1) is 5.92 Å². The minimum atomic E-state index is -0.115. The summed E-state index contributed by atoms with van der Waals surface area (Å²) in [7, 11) is 0. The Balaban J connectivity index is 2.17. The van der Waals surface area contributed by atoms with E-state index >= 15 is 0 Å². The van der Waals surface area contributed by atoms with Crippen molar-refractivity contribution in [3.63, 3.8) is 0 Å². The highest BCUT2D eigenvalue weighted by molar-refractivity contribution is 5.63. The molecule has 2 rings (SSSR count). The van der Waals surface area contributed by atoms with Gasteiger partial charge in [-0.05, 0) is 36.5 Å². The lowest BCUT2D eigenvalue weighted by molar-refractivity contribution is -0.110. The number of carbonyl (C=O) groups excluding carboxylic acids is 1. The van der Waals surface area contributed by atoms with Crippen molar-refractivity contribution in [3.8, 4) is 5.75 Å². The molecule has 0 aromatic heterocycles. The molecule has 3 heteroatoms. The van der Waals surface area contributed by atoms with Crippen LogP contribution < -0.4 is 0 Å². The summed E-state index contributed by atoms with van der Waals surface area (Å²) in [4.78, 5) is 11.2. The average Bonchev–Trinajstić information content (AvgIpc) is 2.31. The fraction of sp³-hybridized carbons (Fsp3) is 0.462. The van der Waals surface area contributed by atoms with Gasteiger partial charge < -0.3 is 14.6 Å². The molecule has 1 aliphatic rings. The molecule has 1 atom stereocenters. The van der Waals surface area contributed by atoms with Crippen molar-refractivity contribution < 1.29 is 14.6 Å². The predicted molar refractivity (Wildman–Crippen MR) is 60.5 cm³/mol. The number of hydrogen-bond donors (Lipinski definition) is 1. The van der Waals surface area contributed by atoms with E-state index in [9.17, 15) is 9.90 Å². The molecule has 0 amide bonds. The third kappa shape index (κ3) is 2.42. The molecule has 1 saturated heterocycles. The third-order valence-electron chi connectivity index (χ3n) is 3.18. The molecular weight excluding hydrogens is 204 g/mol. The first-order valence-electron chi connectivity index (χ1n) is 5.63. The van der Waals surface area contributed by atoms with Gasteiger partial charge in [-0.25, -0.2) is 0 Å². The second kappa shape index (κ2) is 5.12. The van der Waals surface area contributed by atoms with Gasteiger partial charge >= 0.3 is 0 Å². The molecule has 1 heterocycles. The number of phenolic OH excluding ortho intramolecular Hbond substituents is 1. The van der Waals surface area contributed by atoms with E-state index in [0.717, 1.165) is 37.9 Å². The third-order valence-corrected chi connectivity index (χ3v) is 3.18. The monoisotopic (exact) mass is 220 g/mol. The lowest BCUT2D eigenvalue weighted by atomic mass is 9.82. The van der Waals surface area contributed by atoms with Gasteiger partial charge in [0.2, 0.25) is 0 Å². The SMILES string of the molecule is O=CC(c1cccc(O)c1)C1CCOCC1. The normalized spacial score (nSPS) is 19.2. The number of aldehydes is 1. The highest BCUT2D eigenvalue weighted by atomic mass is 16.5. The molecule has 1 fully saturated rings. The van der Waals surface area contributed by atoms with Crippen LogP contribution in [0.3, 0.4) is 0 Å². The number of hydrogen-bond acceptors (Lipinski definition) is 3. The average molecular weight is 220 g/mol. The first kappa shape index (κ1) is 11.1. The summed E-state index contributed by atoms with van der Waals surface area (Å²) in [5.41, 5.74) is 0.905. The summed E-state index contributed by atoms with van der Waals surface area (Å²) in [6.07, 6.45) is 2.82. The van der Waals surface area contributed by atoms with Crippen LogP contribution >= 0.6 is 0 Å². The summed E-state index contributed by atoms with van der Waals surface area (Å²) >= 11 is 0. The first-order chi connectivity index (χ1) is 7.81. The van der Waals surface area contributed by atoms with Gasteiger partial charge in [0.15, 0.2) is 0 Å². The maximum absolute atomic E-state index is 11.2. The first-order valence-corrected chi connectivity index (χ1v) is 5.63. The number of ether oxygens (including phenoxy) is 1. The zero-order valence-corrected chi connectivity index (χ0v) is 9.13. The van der Waals surface area contributed by atoms with Crippen molar-refractivity contribution in [1.29, 1.82) is 0 Å². The number of phenols is 1. The van der Waals surface area contributed by atoms with Gasteiger partial charge in [-0.1, -0.05) is 12.1 Å². The van der Waals surface area contributed by atoms with E-state index in [1.807, 2.05) is 6.07 Å². The second-order valence-corrected chi connectivity index (χ2v) is 4.21. The molecule has 0 aliphatic carbocycles. The Hall–Kier alpha value is -1.35. The standard InChI is InChI=1S/C13H16O3/c14-9-13(10-4-6-16-7-5-10)11-2-1-3-12(15)8-11/h1-3,8-10,13,15H,4-7H2. The topological polar surface area (TPSA) is 46.5 Å². The lowest BCUT2D eigenvalue weighted by Crippen LogP contribution is -2.22. The number of rotatable bonds is 3. The second-order valence-electron chi connectivity index (χ2n) is 4.21. The van der Waals surface area contributed by atoms with Crippen LogP contribution in [0.5, 0.6) is 5.75 Å². The van der Waals surface area contributed by atoms with E-state index in [1.165, 1.54) is 0 Å². The largest absolute Gasteiger partial charge is 0.508 e. The molecule has 1 aromatic carbocycles. The smallest absolute Gasteiger partial charge is 0.127 e. The highest BCUT2D eigenvalue weighted by Crippen LogP contribution is 2.31. The molecule has 1 aromatic rings. The van der Waals surface area contributed by atoms with E-state index in [4.69, 9.17) is 4.74 Å². The predicted octanol–water partition coefficient (Wildman–Crippen LogP) is 2.10. The molecule has 0 spiro atoms. The number of benzene rings is 1. The zero-order chi connectivity index (χ0) is 11.4. The molecule has 1 aliphatic heterocycles. The quantitative estimate of drug-likeness (QED) is 0.793. The number of carbonyl (C=O) groups is 1. The van der Waals surface area contributed by atoms with Gasteiger partial charge in [0.1, 0.15) is 12.0 Å². The van der Waals surface area contributed by atoms with Gasteiger partial charge in [-0.2, -0.15) is 0 Å². The molecule has 16 heavy (non-hydrogen) atoms. The molecule has 0 radical (unpaired) electrons. The van der Waals surface area contributed by atoms with Gasteiger partial charge in [0.25, 0.3) is 0 Å². The molecule has 3 nitrogen and oxygen atoms in total. The summed E-state index contributed by atoms with van der Waals surface area (Å²) in [5.74, 6) is 0.445. The van der Waals surface area contributed by atoms with Crippen molar-refractivity contribution in [2.75, 3.05) is 13.2 Å². The fourth-order valence-electron chi connectivity index (χ4n) is 2.27. The number of aromatic hydroxyl groups is 1. The zero-order valence-electron chi connectivity index (χ0n) is 9.13. The maximum Gasteiger partial charge on any atom is 0.127 e. The molecule has 0 saturated carbocycles. The molecule has 86 valence electrons. The van der Waals surface area contributed by atoms with Crippen LogP contribution in [0.2, 0.25) is 0 Å². The van der Waals surface area contributed by atoms with Gasteiger partial charge in [0, 0.05) is 19.1 Å². The van der Waals surface area contributed by atoms with Crippen molar-refractivity contribution in [2.45, 2.75) is 18.8 Å². The Morgan fingerprint density at radius 1 is 1.38 bits per heavy atom. The van der Waals surface area contributed by atoms with Crippen LogP contribution in [0.15, 0.2) is 24.3 Å². The summed E-state index contributed by atoms with van der Waals surface area (Å²) in [6.45, 7) is 1.46. The Morgan fingerprint density at radius 3 is 2.75 bits per heavy atom. The van der Waals surface area contributed by atoms with Crippen LogP contribution in [0.25, 0.3) is 0 Å². The van der Waals surface area contributed by atoms with Crippen LogP contribution in [0.1, 0.15) is 24.3 Å². The van der Waals surface area contributed by atoms with Gasteiger partial charge in [0.05, 0.1) is 0 Å². The van der Waals surface area contributed by atoms with Crippen LogP contribution in [0.4, 0.5) is 0 Å². The Morgan fingerprint density at radius 2 is 2.12 bits per heavy atom. The van der Waals surface area contributed by atoms with Crippen molar-refractivity contribution in [3.05, 3.63) is 29.8 Å². The summed E-state index contributed by atoms with van der Waals surface area (Å²) in [5, 5.41) is 9.42. The molecular formula is C13H16O3. The van der Waals surface area contributed by atoms with Crippen LogP contribution in [-0.4, -0.2) is 24.6 Å². The van der Waals surface area contributed by atoms with Crippen molar-refractivity contribution in [2.24, 2.45) is 5.92 Å². The van der Waals surface area contributed by atoms with Crippen molar-refractivity contribution in [1.82, 2.24) is 0 Å². The summed E-state index contributed by atoms with van der Waals surface area (Å²) < 4.78 is 5.29. The Bertz CT molecular complexity index is 356. The Labute approximate surface area is 95.0 Å². The highest BCUT2D eigenvalue weighted by Gasteiger charge is 2.25. The van der Waals surface area contributed by atoms with E-state index in [1.54, 1.807) is 18.2 Å². The fourth-order valence-corrected chi connectivity index (χ4v) is 2.27. The van der Waals surface area contributed by atoms with E-state index in [2.05, 4.69) is 0 Å². The van der Waals surface area contributed by atoms with Gasteiger partial charge in [-0.15, -0.1) is 0 Å².